The first kappa shape index (κ1) is 16.1. The lowest BCUT2D eigenvalue weighted by atomic mass is 10.2. The Kier molecular flexibility index (Phi) is 5.24. The molecule has 0 aromatic heterocycles. The average molecular weight is 383 g/mol. The number of benzene rings is 2. The van der Waals surface area contributed by atoms with Crippen molar-refractivity contribution in [3.8, 4) is 0 Å². The van der Waals surface area contributed by atoms with Crippen molar-refractivity contribution in [3.63, 3.8) is 0 Å². The molecule has 0 unspecified atom stereocenters. The van der Waals surface area contributed by atoms with Crippen LogP contribution in [0, 0.1) is 10.1 Å². The Morgan fingerprint density at radius 3 is 2.59 bits per heavy atom. The molecule has 0 aliphatic heterocycles. The van der Waals surface area contributed by atoms with Crippen LogP contribution < -0.4 is 5.43 Å². The maximum atomic E-state index is 11.8. The summed E-state index contributed by atoms with van der Waals surface area (Å²) in [6.45, 7) is 0. The number of nitro groups is 1. The van der Waals surface area contributed by atoms with Gasteiger partial charge in [-0.2, -0.15) is 5.10 Å². The molecule has 0 saturated carbocycles. The van der Waals surface area contributed by atoms with Gasteiger partial charge in [-0.25, -0.2) is 5.43 Å². The molecule has 2 aromatic rings. The van der Waals surface area contributed by atoms with Crippen LogP contribution in [-0.4, -0.2) is 17.0 Å². The van der Waals surface area contributed by atoms with E-state index in [4.69, 9.17) is 11.6 Å². The van der Waals surface area contributed by atoms with Gasteiger partial charge in [-0.05, 0) is 30.3 Å². The SMILES string of the molecule is O=C(N/N=C/c1ccc(Cl)c([N+](=O)[O-])c1)c1ccc(Br)cc1. The largest absolute Gasteiger partial charge is 0.288 e. The highest BCUT2D eigenvalue weighted by Crippen LogP contribution is 2.24. The lowest BCUT2D eigenvalue weighted by Gasteiger charge is -2.00. The topological polar surface area (TPSA) is 84.6 Å². The van der Waals surface area contributed by atoms with E-state index in [0.717, 1.165) is 4.47 Å². The van der Waals surface area contributed by atoms with Crippen molar-refractivity contribution in [2.45, 2.75) is 0 Å². The molecule has 1 amide bonds. The maximum absolute atomic E-state index is 11.8. The molecular formula is C14H9BrClN3O3. The molecule has 0 atom stereocenters. The van der Waals surface area contributed by atoms with Gasteiger partial charge in [0.15, 0.2) is 0 Å². The molecule has 0 radical (unpaired) electrons. The molecule has 22 heavy (non-hydrogen) atoms. The van der Waals surface area contributed by atoms with Crippen molar-refractivity contribution in [1.29, 1.82) is 0 Å². The third-order valence-corrected chi connectivity index (χ3v) is 3.50. The lowest BCUT2D eigenvalue weighted by Crippen LogP contribution is -2.17. The van der Waals surface area contributed by atoms with E-state index in [1.165, 1.54) is 18.3 Å². The van der Waals surface area contributed by atoms with Crippen LogP contribution in [0.3, 0.4) is 0 Å². The second-order valence-electron chi connectivity index (χ2n) is 4.17. The third kappa shape index (κ3) is 4.12. The summed E-state index contributed by atoms with van der Waals surface area (Å²) >= 11 is 8.98. The minimum Gasteiger partial charge on any atom is -0.267 e. The summed E-state index contributed by atoms with van der Waals surface area (Å²) in [6.07, 6.45) is 1.31. The van der Waals surface area contributed by atoms with E-state index < -0.39 is 4.92 Å². The third-order valence-electron chi connectivity index (χ3n) is 2.65. The molecule has 0 aliphatic carbocycles. The summed E-state index contributed by atoms with van der Waals surface area (Å²) < 4.78 is 0.862. The summed E-state index contributed by atoms with van der Waals surface area (Å²) in [6, 6.07) is 11.0. The zero-order valence-electron chi connectivity index (χ0n) is 11.0. The molecule has 2 rings (SSSR count). The molecular weight excluding hydrogens is 374 g/mol. The van der Waals surface area contributed by atoms with Crippen LogP contribution in [0.15, 0.2) is 52.0 Å². The molecule has 0 spiro atoms. The average Bonchev–Trinajstić information content (AvgIpc) is 2.49. The molecule has 1 N–H and O–H groups in total. The Balaban J connectivity index is 2.06. The van der Waals surface area contributed by atoms with Gasteiger partial charge in [-0.3, -0.25) is 14.9 Å². The standard InChI is InChI=1S/C14H9BrClN3O3/c15-11-4-2-10(3-5-11)14(20)18-17-8-9-1-6-12(16)13(7-9)19(21)22/h1-8H,(H,18,20)/b17-8+. The van der Waals surface area contributed by atoms with Crippen LogP contribution in [0.1, 0.15) is 15.9 Å². The second kappa shape index (κ2) is 7.15. The van der Waals surface area contributed by atoms with Gasteiger partial charge in [-0.1, -0.05) is 33.6 Å². The van der Waals surface area contributed by atoms with Crippen molar-refractivity contribution < 1.29 is 9.72 Å². The van der Waals surface area contributed by atoms with E-state index in [9.17, 15) is 14.9 Å². The normalized spacial score (nSPS) is 10.6. The molecule has 0 bridgehead atoms. The minimum atomic E-state index is -0.583. The highest BCUT2D eigenvalue weighted by molar-refractivity contribution is 9.10. The van der Waals surface area contributed by atoms with E-state index in [-0.39, 0.29) is 16.6 Å². The number of halogens is 2. The van der Waals surface area contributed by atoms with Gasteiger partial charge in [0.05, 0.1) is 11.1 Å². The number of carbonyl (C=O) groups is 1. The number of hydrogen-bond acceptors (Lipinski definition) is 4. The monoisotopic (exact) mass is 381 g/mol. The van der Waals surface area contributed by atoms with Crippen molar-refractivity contribution in [3.05, 3.63) is 73.2 Å². The first-order chi connectivity index (χ1) is 10.5. The number of nitrogens with zero attached hydrogens (tertiary/aromatic N) is 2. The van der Waals surface area contributed by atoms with E-state index in [1.807, 2.05) is 0 Å². The molecule has 0 saturated heterocycles. The van der Waals surface area contributed by atoms with Gasteiger partial charge >= 0.3 is 0 Å². The first-order valence-electron chi connectivity index (χ1n) is 6.00. The van der Waals surface area contributed by atoms with Crippen molar-refractivity contribution >= 4 is 45.3 Å². The van der Waals surface area contributed by atoms with Crippen molar-refractivity contribution in [1.82, 2.24) is 5.43 Å². The van der Waals surface area contributed by atoms with Gasteiger partial charge in [0.25, 0.3) is 11.6 Å². The summed E-state index contributed by atoms with van der Waals surface area (Å²) in [4.78, 5) is 22.0. The van der Waals surface area contributed by atoms with Crippen LogP contribution in [0.25, 0.3) is 0 Å². The van der Waals surface area contributed by atoms with Crippen LogP contribution in [0.2, 0.25) is 5.02 Å². The summed E-state index contributed by atoms with van der Waals surface area (Å²) in [5, 5.41) is 14.6. The van der Waals surface area contributed by atoms with E-state index >= 15 is 0 Å². The Hall–Kier alpha value is -2.25. The van der Waals surface area contributed by atoms with E-state index in [0.29, 0.717) is 11.1 Å². The fraction of sp³-hybridized carbons (Fsp3) is 0. The van der Waals surface area contributed by atoms with Gasteiger partial charge in [0.2, 0.25) is 0 Å². The first-order valence-corrected chi connectivity index (χ1v) is 7.17. The van der Waals surface area contributed by atoms with E-state index in [1.54, 1.807) is 30.3 Å². The predicted octanol–water partition coefficient (Wildman–Crippen LogP) is 3.77. The van der Waals surface area contributed by atoms with Crippen molar-refractivity contribution in [2.24, 2.45) is 5.10 Å². The number of carbonyl (C=O) groups excluding carboxylic acids is 1. The van der Waals surface area contributed by atoms with Gasteiger partial charge in [0, 0.05) is 21.7 Å². The Morgan fingerprint density at radius 2 is 1.95 bits per heavy atom. The molecule has 0 aliphatic rings. The number of rotatable bonds is 4. The number of hydrogen-bond donors (Lipinski definition) is 1. The molecule has 112 valence electrons. The fourth-order valence-corrected chi connectivity index (χ4v) is 2.03. The maximum Gasteiger partial charge on any atom is 0.288 e. The minimum absolute atomic E-state index is 0.0426. The Labute approximate surface area is 139 Å². The van der Waals surface area contributed by atoms with Crippen molar-refractivity contribution in [2.75, 3.05) is 0 Å². The summed E-state index contributed by atoms with van der Waals surface area (Å²) in [5.41, 5.74) is 3.02. The molecule has 2 aromatic carbocycles. The zero-order chi connectivity index (χ0) is 16.1. The molecule has 0 fully saturated rings. The molecule has 8 heteroatoms. The fourth-order valence-electron chi connectivity index (χ4n) is 1.58. The molecule has 6 nitrogen and oxygen atoms in total. The zero-order valence-corrected chi connectivity index (χ0v) is 13.3. The quantitative estimate of drug-likeness (QED) is 0.496. The van der Waals surface area contributed by atoms with Crippen LogP contribution in [-0.2, 0) is 0 Å². The van der Waals surface area contributed by atoms with E-state index in [2.05, 4.69) is 26.5 Å². The van der Waals surface area contributed by atoms with Gasteiger partial charge in [-0.15, -0.1) is 0 Å². The number of nitro benzene ring substituents is 1. The summed E-state index contributed by atoms with van der Waals surface area (Å²) in [7, 11) is 0. The highest BCUT2D eigenvalue weighted by atomic mass is 79.9. The van der Waals surface area contributed by atoms with Gasteiger partial charge in [0.1, 0.15) is 5.02 Å². The van der Waals surface area contributed by atoms with Crippen LogP contribution in [0.4, 0.5) is 5.69 Å². The number of amides is 1. The Bertz CT molecular complexity index is 747. The van der Waals surface area contributed by atoms with Gasteiger partial charge < -0.3 is 0 Å². The van der Waals surface area contributed by atoms with Crippen LogP contribution >= 0.6 is 27.5 Å². The van der Waals surface area contributed by atoms with Crippen LogP contribution in [0.5, 0.6) is 0 Å². The number of hydrazone groups is 1. The Morgan fingerprint density at radius 1 is 1.27 bits per heavy atom. The lowest BCUT2D eigenvalue weighted by molar-refractivity contribution is -0.384. The summed E-state index contributed by atoms with van der Waals surface area (Å²) in [5.74, 6) is -0.382. The molecule has 0 heterocycles. The smallest absolute Gasteiger partial charge is 0.267 e. The second-order valence-corrected chi connectivity index (χ2v) is 5.50. The number of nitrogens with one attached hydrogen (secondary N) is 1. The highest BCUT2D eigenvalue weighted by Gasteiger charge is 2.11. The predicted molar refractivity (Wildman–Crippen MR) is 87.3 cm³/mol.